The van der Waals surface area contributed by atoms with Crippen LogP contribution < -0.4 is 5.56 Å². The van der Waals surface area contributed by atoms with Gasteiger partial charge in [0.2, 0.25) is 0 Å². The maximum Gasteiger partial charge on any atom is 0.252 e. The summed E-state index contributed by atoms with van der Waals surface area (Å²) in [7, 11) is 0. The minimum absolute atomic E-state index is 0.0500. The lowest BCUT2D eigenvalue weighted by molar-refractivity contribution is 0.0371. The first-order valence-corrected chi connectivity index (χ1v) is 12.3. The van der Waals surface area contributed by atoms with E-state index >= 15 is 0 Å². The molecule has 3 aromatic rings. The maximum absolute atomic E-state index is 13.1. The van der Waals surface area contributed by atoms with Gasteiger partial charge in [-0.15, -0.1) is 5.10 Å². The number of benzene rings is 1. The number of aryl methyl sites for hydroxylation is 2. The van der Waals surface area contributed by atoms with E-state index in [9.17, 15) is 4.79 Å². The largest absolute Gasteiger partial charge is 0.377 e. The predicted octanol–water partition coefficient (Wildman–Crippen LogP) is 4.26. The second-order valence-corrected chi connectivity index (χ2v) is 11.0. The second-order valence-electron chi connectivity index (χ2n) is 11.0. The zero-order valence-electron chi connectivity index (χ0n) is 21.6. The van der Waals surface area contributed by atoms with E-state index in [2.05, 4.69) is 79.9 Å². The van der Waals surface area contributed by atoms with Crippen molar-refractivity contribution in [2.45, 2.75) is 85.5 Å². The van der Waals surface area contributed by atoms with Gasteiger partial charge in [-0.2, -0.15) is 0 Å². The molecule has 0 aliphatic carbocycles. The quantitative estimate of drug-likeness (QED) is 0.560. The van der Waals surface area contributed by atoms with Crippen molar-refractivity contribution in [2.75, 3.05) is 13.2 Å². The third kappa shape index (κ3) is 5.08. The molecular formula is C26H38N6O2. The Morgan fingerprint density at radius 3 is 2.59 bits per heavy atom. The van der Waals surface area contributed by atoms with Gasteiger partial charge in [0.15, 0.2) is 5.82 Å². The highest BCUT2D eigenvalue weighted by molar-refractivity contribution is 5.80. The summed E-state index contributed by atoms with van der Waals surface area (Å²) in [5.74, 6) is 1.06. The molecule has 1 fully saturated rings. The third-order valence-corrected chi connectivity index (χ3v) is 6.79. The van der Waals surface area contributed by atoms with Crippen LogP contribution in [0.5, 0.6) is 0 Å². The number of H-pyrrole nitrogens is 1. The van der Waals surface area contributed by atoms with Gasteiger partial charge in [0.05, 0.1) is 17.7 Å². The molecular weight excluding hydrogens is 428 g/mol. The fraction of sp³-hybridized carbons (Fsp3) is 0.615. The van der Waals surface area contributed by atoms with E-state index in [0.29, 0.717) is 6.54 Å². The summed E-state index contributed by atoms with van der Waals surface area (Å²) in [5, 5.41) is 13.9. The molecule has 3 heterocycles. The molecule has 2 unspecified atom stereocenters. The number of ether oxygens (including phenoxy) is 1. The van der Waals surface area contributed by atoms with Crippen LogP contribution in [0.1, 0.15) is 76.0 Å². The molecule has 0 bridgehead atoms. The number of rotatable bonds is 7. The van der Waals surface area contributed by atoms with Crippen molar-refractivity contribution in [2.24, 2.45) is 5.92 Å². The SMILES string of the molecule is Cc1cc2cc(CN(CC3CCCO3)C(c3nnnn3C(C)(C)C)C(C)C)c(=O)[nH]c2cc1C. The van der Waals surface area contributed by atoms with Gasteiger partial charge in [-0.25, -0.2) is 4.68 Å². The average Bonchev–Trinajstić information content (AvgIpc) is 3.42. The number of hydrogen-bond acceptors (Lipinski definition) is 6. The summed E-state index contributed by atoms with van der Waals surface area (Å²) in [6, 6.07) is 6.17. The molecule has 0 amide bonds. The van der Waals surface area contributed by atoms with Gasteiger partial charge in [-0.1, -0.05) is 13.8 Å². The summed E-state index contributed by atoms with van der Waals surface area (Å²) in [6.07, 6.45) is 2.24. The number of hydrogen-bond donors (Lipinski definition) is 1. The molecule has 0 radical (unpaired) electrons. The van der Waals surface area contributed by atoms with E-state index in [1.165, 1.54) is 11.1 Å². The molecule has 2 aromatic heterocycles. The Kier molecular flexibility index (Phi) is 6.92. The Labute approximate surface area is 201 Å². The van der Waals surface area contributed by atoms with Crippen molar-refractivity contribution >= 4 is 10.9 Å². The van der Waals surface area contributed by atoms with Crippen LogP contribution in [0, 0.1) is 19.8 Å². The molecule has 0 saturated carbocycles. The number of nitrogens with one attached hydrogen (secondary N) is 1. The van der Waals surface area contributed by atoms with Crippen molar-refractivity contribution < 1.29 is 4.74 Å². The second kappa shape index (κ2) is 9.58. The lowest BCUT2D eigenvalue weighted by Gasteiger charge is -2.36. The molecule has 1 aliphatic rings. The lowest BCUT2D eigenvalue weighted by atomic mass is 9.98. The molecule has 184 valence electrons. The summed E-state index contributed by atoms with van der Waals surface area (Å²) < 4.78 is 7.92. The highest BCUT2D eigenvalue weighted by Gasteiger charge is 2.34. The molecule has 1 saturated heterocycles. The number of tetrazole rings is 1. The monoisotopic (exact) mass is 466 g/mol. The standard InChI is InChI=1S/C26H38N6O2/c1-16(2)23(24-28-29-30-32(24)26(5,6)7)31(15-21-9-8-10-34-21)14-20-13-19-11-17(3)18(4)12-22(19)27-25(20)33/h11-13,16,21,23H,8-10,14-15H2,1-7H3,(H,27,33). The molecule has 1 N–H and O–H groups in total. The first kappa shape index (κ1) is 24.5. The Morgan fingerprint density at radius 2 is 1.94 bits per heavy atom. The zero-order valence-corrected chi connectivity index (χ0v) is 21.6. The van der Waals surface area contributed by atoms with Crippen LogP contribution in [0.25, 0.3) is 10.9 Å². The van der Waals surface area contributed by atoms with Crippen molar-refractivity contribution in [3.05, 3.63) is 51.1 Å². The average molecular weight is 467 g/mol. The molecule has 1 aromatic carbocycles. The van der Waals surface area contributed by atoms with Gasteiger partial charge < -0.3 is 9.72 Å². The zero-order chi connectivity index (χ0) is 24.6. The van der Waals surface area contributed by atoms with Crippen LogP contribution >= 0.6 is 0 Å². The van der Waals surface area contributed by atoms with Crippen molar-refractivity contribution in [3.63, 3.8) is 0 Å². The van der Waals surface area contributed by atoms with E-state index < -0.39 is 0 Å². The van der Waals surface area contributed by atoms with Crippen LogP contribution in [-0.4, -0.2) is 49.3 Å². The van der Waals surface area contributed by atoms with Crippen LogP contribution in [0.3, 0.4) is 0 Å². The van der Waals surface area contributed by atoms with E-state index in [0.717, 1.165) is 48.3 Å². The number of aromatic nitrogens is 5. The molecule has 8 heteroatoms. The molecule has 4 rings (SSSR count). The first-order valence-electron chi connectivity index (χ1n) is 12.3. The summed E-state index contributed by atoms with van der Waals surface area (Å²) >= 11 is 0. The Hall–Kier alpha value is -2.58. The van der Waals surface area contributed by atoms with Crippen LogP contribution in [0.2, 0.25) is 0 Å². The third-order valence-electron chi connectivity index (χ3n) is 6.79. The topological polar surface area (TPSA) is 88.9 Å². The van der Waals surface area contributed by atoms with E-state index in [-0.39, 0.29) is 29.2 Å². The Morgan fingerprint density at radius 1 is 1.21 bits per heavy atom. The van der Waals surface area contributed by atoms with Gasteiger partial charge in [-0.3, -0.25) is 9.69 Å². The minimum atomic E-state index is -0.253. The highest BCUT2D eigenvalue weighted by Crippen LogP contribution is 2.32. The van der Waals surface area contributed by atoms with Crippen LogP contribution in [0.4, 0.5) is 0 Å². The fourth-order valence-electron chi connectivity index (χ4n) is 4.92. The Bertz CT molecular complexity index is 1200. The first-order chi connectivity index (χ1) is 16.0. The number of aromatic amines is 1. The molecule has 34 heavy (non-hydrogen) atoms. The van der Waals surface area contributed by atoms with E-state index in [1.807, 2.05) is 16.8 Å². The normalized spacial score (nSPS) is 17.9. The van der Waals surface area contributed by atoms with Crippen molar-refractivity contribution in [3.8, 4) is 0 Å². The predicted molar refractivity (Wildman–Crippen MR) is 134 cm³/mol. The van der Waals surface area contributed by atoms with Crippen molar-refractivity contribution in [1.29, 1.82) is 0 Å². The lowest BCUT2D eigenvalue weighted by Crippen LogP contribution is -2.41. The number of nitrogens with zero attached hydrogens (tertiary/aromatic N) is 5. The van der Waals surface area contributed by atoms with Crippen molar-refractivity contribution in [1.82, 2.24) is 30.1 Å². The number of fused-ring (bicyclic) bond motifs is 1. The van der Waals surface area contributed by atoms with Crippen LogP contribution in [-0.2, 0) is 16.8 Å². The van der Waals surface area contributed by atoms with Gasteiger partial charge in [0, 0.05) is 30.8 Å². The van der Waals surface area contributed by atoms with Crippen LogP contribution in [0.15, 0.2) is 23.0 Å². The smallest absolute Gasteiger partial charge is 0.252 e. The molecule has 2 atom stereocenters. The maximum atomic E-state index is 13.1. The summed E-state index contributed by atoms with van der Waals surface area (Å²) in [4.78, 5) is 18.6. The minimum Gasteiger partial charge on any atom is -0.377 e. The Balaban J connectivity index is 1.77. The van der Waals surface area contributed by atoms with Gasteiger partial charge >= 0.3 is 0 Å². The highest BCUT2D eigenvalue weighted by atomic mass is 16.5. The summed E-state index contributed by atoms with van der Waals surface area (Å²) in [6.45, 7) is 16.9. The summed E-state index contributed by atoms with van der Waals surface area (Å²) in [5.41, 5.74) is 3.70. The van der Waals surface area contributed by atoms with E-state index in [1.54, 1.807) is 0 Å². The molecule has 1 aliphatic heterocycles. The number of pyridine rings is 1. The van der Waals surface area contributed by atoms with Gasteiger partial charge in [0.1, 0.15) is 0 Å². The van der Waals surface area contributed by atoms with E-state index in [4.69, 9.17) is 4.74 Å². The van der Waals surface area contributed by atoms with Gasteiger partial charge in [-0.05, 0) is 98.5 Å². The molecule has 8 nitrogen and oxygen atoms in total. The fourth-order valence-corrected chi connectivity index (χ4v) is 4.92. The molecule has 0 spiro atoms. The van der Waals surface area contributed by atoms with Gasteiger partial charge in [0.25, 0.3) is 5.56 Å².